The Labute approximate surface area is 115 Å². The second-order valence-electron chi connectivity index (χ2n) is 3.95. The van der Waals surface area contributed by atoms with Crippen LogP contribution in [-0.4, -0.2) is 14.0 Å². The summed E-state index contributed by atoms with van der Waals surface area (Å²) in [6.45, 7) is 3.19. The molecule has 0 atom stereocenters. The summed E-state index contributed by atoms with van der Waals surface area (Å²) in [5, 5.41) is 0.139. The van der Waals surface area contributed by atoms with Crippen LogP contribution in [0.4, 0.5) is 0 Å². The van der Waals surface area contributed by atoms with Gasteiger partial charge in [0.1, 0.15) is 4.90 Å². The molecule has 1 aromatic rings. The van der Waals surface area contributed by atoms with E-state index in [-0.39, 0.29) is 9.92 Å². The molecule has 1 rings (SSSR count). The van der Waals surface area contributed by atoms with Gasteiger partial charge in [0.05, 0.1) is 10.6 Å². The van der Waals surface area contributed by atoms with E-state index in [1.165, 1.54) is 12.1 Å². The van der Waals surface area contributed by atoms with Gasteiger partial charge in [0.2, 0.25) is 10.0 Å². The van der Waals surface area contributed by atoms with E-state index in [2.05, 4.69) is 26.6 Å². The summed E-state index contributed by atoms with van der Waals surface area (Å²) in [5.74, 6) is 2.36. The lowest BCUT2D eigenvalue weighted by Crippen LogP contribution is -2.42. The smallest absolute Gasteiger partial charge is 0.207 e. The number of terminal acetylenes is 1. The molecule has 0 unspecified atom stereocenters. The molecule has 0 spiro atoms. The lowest BCUT2D eigenvalue weighted by atomic mass is 10.1. The van der Waals surface area contributed by atoms with Crippen molar-refractivity contribution in [3.05, 3.63) is 27.7 Å². The van der Waals surface area contributed by atoms with Gasteiger partial charge >= 0.3 is 0 Å². The van der Waals surface area contributed by atoms with Gasteiger partial charge in [0.25, 0.3) is 0 Å². The predicted octanol–water partition coefficient (Wildman–Crippen LogP) is 2.79. The van der Waals surface area contributed by atoms with Crippen LogP contribution in [0.1, 0.15) is 13.8 Å². The Morgan fingerprint density at radius 3 is 2.53 bits per heavy atom. The van der Waals surface area contributed by atoms with Crippen LogP contribution in [0.25, 0.3) is 0 Å². The number of sulfonamides is 1. The second kappa shape index (κ2) is 4.99. The Kier molecular flexibility index (Phi) is 4.26. The lowest BCUT2D eigenvalue weighted by Gasteiger charge is -2.19. The van der Waals surface area contributed by atoms with Gasteiger partial charge < -0.3 is 0 Å². The minimum absolute atomic E-state index is 0.00527. The highest BCUT2D eigenvalue weighted by Crippen LogP contribution is 2.25. The zero-order chi connectivity index (χ0) is 13.3. The number of hydrogen-bond donors (Lipinski definition) is 1. The first-order valence-electron chi connectivity index (χ1n) is 4.65. The topological polar surface area (TPSA) is 46.2 Å². The summed E-state index contributed by atoms with van der Waals surface area (Å²) in [6, 6.07) is 4.53. The molecule has 1 N–H and O–H groups in total. The molecule has 0 heterocycles. The first kappa shape index (κ1) is 14.5. The van der Waals surface area contributed by atoms with E-state index in [0.717, 1.165) is 0 Å². The Morgan fingerprint density at radius 2 is 2.06 bits per heavy atom. The highest BCUT2D eigenvalue weighted by atomic mass is 79.9. The minimum atomic E-state index is -3.72. The zero-order valence-corrected chi connectivity index (χ0v) is 12.4. The molecule has 6 heteroatoms. The van der Waals surface area contributed by atoms with Gasteiger partial charge in [-0.15, -0.1) is 6.42 Å². The monoisotopic (exact) mass is 335 g/mol. The van der Waals surface area contributed by atoms with Gasteiger partial charge in [-0.25, -0.2) is 8.42 Å². The van der Waals surface area contributed by atoms with E-state index in [9.17, 15) is 8.42 Å². The first-order chi connectivity index (χ1) is 7.68. The van der Waals surface area contributed by atoms with Crippen molar-refractivity contribution in [3.8, 4) is 12.3 Å². The molecular formula is C11H11BrClNO2S. The largest absolute Gasteiger partial charge is 0.243 e. The van der Waals surface area contributed by atoms with Crippen molar-refractivity contribution in [3.63, 3.8) is 0 Å². The fraction of sp³-hybridized carbons (Fsp3) is 0.273. The summed E-state index contributed by atoms with van der Waals surface area (Å²) in [7, 11) is -3.72. The maximum absolute atomic E-state index is 12.0. The Bertz CT molecular complexity index is 576. The van der Waals surface area contributed by atoms with Crippen LogP contribution in [-0.2, 0) is 10.0 Å². The van der Waals surface area contributed by atoms with E-state index in [1.807, 2.05) is 0 Å². The van der Waals surface area contributed by atoms with Crippen LogP contribution in [0.15, 0.2) is 27.6 Å². The Hall–Kier alpha value is -0.540. The van der Waals surface area contributed by atoms with Crippen LogP contribution in [0.3, 0.4) is 0 Å². The van der Waals surface area contributed by atoms with Gasteiger partial charge in [-0.1, -0.05) is 33.5 Å². The van der Waals surface area contributed by atoms with Crippen molar-refractivity contribution in [2.24, 2.45) is 0 Å². The van der Waals surface area contributed by atoms with Gasteiger partial charge in [0.15, 0.2) is 0 Å². The first-order valence-corrected chi connectivity index (χ1v) is 7.30. The highest BCUT2D eigenvalue weighted by molar-refractivity contribution is 9.10. The zero-order valence-electron chi connectivity index (χ0n) is 9.29. The van der Waals surface area contributed by atoms with E-state index < -0.39 is 15.6 Å². The van der Waals surface area contributed by atoms with Crippen molar-refractivity contribution >= 4 is 37.6 Å². The number of benzene rings is 1. The molecule has 0 aliphatic heterocycles. The highest BCUT2D eigenvalue weighted by Gasteiger charge is 2.25. The van der Waals surface area contributed by atoms with Gasteiger partial charge in [-0.3, -0.25) is 0 Å². The normalized spacial score (nSPS) is 12.2. The maximum atomic E-state index is 12.0. The average Bonchev–Trinajstić information content (AvgIpc) is 2.15. The average molecular weight is 337 g/mol. The lowest BCUT2D eigenvalue weighted by molar-refractivity contribution is 0.539. The maximum Gasteiger partial charge on any atom is 0.243 e. The minimum Gasteiger partial charge on any atom is -0.207 e. The van der Waals surface area contributed by atoms with Crippen molar-refractivity contribution in [2.75, 3.05) is 0 Å². The fourth-order valence-corrected chi connectivity index (χ4v) is 3.50. The van der Waals surface area contributed by atoms with Crippen molar-refractivity contribution in [1.29, 1.82) is 0 Å². The standard InChI is InChI=1S/C11H11BrClNO2S/c1-4-11(2,3)14-17(15,16)10-6-5-8(12)7-9(10)13/h1,5-7,14H,2-3H3. The van der Waals surface area contributed by atoms with Crippen LogP contribution in [0, 0.1) is 12.3 Å². The number of rotatable bonds is 3. The molecule has 0 saturated heterocycles. The Morgan fingerprint density at radius 1 is 1.47 bits per heavy atom. The van der Waals surface area contributed by atoms with Crippen LogP contribution in [0.5, 0.6) is 0 Å². The van der Waals surface area contributed by atoms with Crippen LogP contribution in [0.2, 0.25) is 5.02 Å². The molecule has 0 aliphatic carbocycles. The molecule has 1 aromatic carbocycles. The van der Waals surface area contributed by atoms with E-state index >= 15 is 0 Å². The van der Waals surface area contributed by atoms with Crippen molar-refractivity contribution < 1.29 is 8.42 Å². The summed E-state index contributed by atoms with van der Waals surface area (Å²) >= 11 is 9.09. The van der Waals surface area contributed by atoms with E-state index in [0.29, 0.717) is 4.47 Å². The molecular weight excluding hydrogens is 326 g/mol. The molecule has 17 heavy (non-hydrogen) atoms. The summed E-state index contributed by atoms with van der Waals surface area (Å²) in [6.07, 6.45) is 5.24. The molecule has 0 aromatic heterocycles. The van der Waals surface area contributed by atoms with Crippen molar-refractivity contribution in [2.45, 2.75) is 24.3 Å². The fourth-order valence-electron chi connectivity index (χ4n) is 1.11. The third kappa shape index (κ3) is 3.71. The molecule has 0 saturated carbocycles. The SMILES string of the molecule is C#CC(C)(C)NS(=O)(=O)c1ccc(Br)cc1Cl. The molecule has 92 valence electrons. The van der Waals surface area contributed by atoms with Gasteiger partial charge in [-0.2, -0.15) is 4.72 Å². The quantitative estimate of drug-likeness (QED) is 0.863. The summed E-state index contributed by atoms with van der Waals surface area (Å²) < 4.78 is 27.2. The van der Waals surface area contributed by atoms with Crippen molar-refractivity contribution in [1.82, 2.24) is 4.72 Å². The molecule has 0 bridgehead atoms. The summed E-state index contributed by atoms with van der Waals surface area (Å²) in [5.41, 5.74) is -0.963. The molecule has 0 fully saturated rings. The van der Waals surface area contributed by atoms with Gasteiger partial charge in [0, 0.05) is 4.47 Å². The second-order valence-corrected chi connectivity index (χ2v) is 6.92. The third-order valence-electron chi connectivity index (χ3n) is 1.93. The number of halogens is 2. The third-order valence-corrected chi connectivity index (χ3v) is 4.57. The van der Waals surface area contributed by atoms with Crippen LogP contribution >= 0.6 is 27.5 Å². The van der Waals surface area contributed by atoms with Crippen LogP contribution < -0.4 is 4.72 Å². The molecule has 3 nitrogen and oxygen atoms in total. The molecule has 0 amide bonds. The Balaban J connectivity index is 3.20. The molecule has 0 aliphatic rings. The predicted molar refractivity (Wildman–Crippen MR) is 72.4 cm³/mol. The van der Waals surface area contributed by atoms with E-state index in [4.69, 9.17) is 18.0 Å². The van der Waals surface area contributed by atoms with Gasteiger partial charge in [-0.05, 0) is 32.0 Å². The molecule has 0 radical (unpaired) electrons. The number of hydrogen-bond acceptors (Lipinski definition) is 2. The summed E-state index contributed by atoms with van der Waals surface area (Å²) in [4.78, 5) is 0.00527. The number of nitrogens with one attached hydrogen (secondary N) is 1. The van der Waals surface area contributed by atoms with E-state index in [1.54, 1.807) is 19.9 Å².